The number of anilines is 1. The Morgan fingerprint density at radius 3 is 2.57 bits per heavy atom. The van der Waals surface area contributed by atoms with E-state index < -0.39 is 0 Å². The van der Waals surface area contributed by atoms with Crippen molar-refractivity contribution < 1.29 is 4.52 Å². The lowest BCUT2D eigenvalue weighted by molar-refractivity contribution is 0.439. The first-order chi connectivity index (χ1) is 6.59. The molecule has 0 aliphatic rings. The maximum atomic E-state index is 5.47. The minimum Gasteiger partial charge on any atom is -0.368 e. The number of aryl methyl sites for hydroxylation is 2. The lowest BCUT2D eigenvalue weighted by Crippen LogP contribution is -1.92. The topological polar surface area (TPSA) is 69.9 Å². The fraction of sp³-hybridized carbons (Fsp3) is 0.333. The van der Waals surface area contributed by atoms with E-state index in [0.717, 1.165) is 22.6 Å². The molecule has 2 aromatic heterocycles. The highest BCUT2D eigenvalue weighted by Gasteiger charge is 2.14. The molecule has 0 unspecified atom stereocenters. The van der Waals surface area contributed by atoms with Crippen LogP contribution in [0.1, 0.15) is 11.4 Å². The fourth-order valence-electron chi connectivity index (χ4n) is 1.55. The first-order valence-electron chi connectivity index (χ1n) is 4.32. The van der Waals surface area contributed by atoms with Crippen LogP contribution in [0.3, 0.4) is 0 Å². The molecule has 0 saturated carbocycles. The zero-order valence-corrected chi connectivity index (χ0v) is 8.40. The summed E-state index contributed by atoms with van der Waals surface area (Å²) in [5, 5.41) is 8.16. The molecule has 0 radical (unpaired) electrons. The van der Waals surface area contributed by atoms with Crippen LogP contribution in [0.2, 0.25) is 0 Å². The van der Waals surface area contributed by atoms with E-state index in [-0.39, 0.29) is 0 Å². The lowest BCUT2D eigenvalue weighted by atomic mass is 10.1. The summed E-state index contributed by atoms with van der Waals surface area (Å²) in [6, 6.07) is 1.71. The average Bonchev–Trinajstić information content (AvgIpc) is 2.60. The molecule has 5 nitrogen and oxygen atoms in total. The van der Waals surface area contributed by atoms with Gasteiger partial charge in [0, 0.05) is 24.4 Å². The Balaban J connectivity index is 2.61. The summed E-state index contributed by atoms with van der Waals surface area (Å²) in [5.41, 5.74) is 9.18. The van der Waals surface area contributed by atoms with Crippen LogP contribution in [0.4, 0.5) is 5.88 Å². The highest BCUT2D eigenvalue weighted by atomic mass is 16.5. The molecule has 0 spiro atoms. The van der Waals surface area contributed by atoms with Crippen molar-refractivity contribution in [2.75, 3.05) is 5.73 Å². The molecule has 5 heteroatoms. The Labute approximate surface area is 81.5 Å². The molecule has 0 atom stereocenters. The second-order valence-electron chi connectivity index (χ2n) is 3.28. The molecule has 0 saturated heterocycles. The third kappa shape index (κ3) is 1.17. The van der Waals surface area contributed by atoms with Gasteiger partial charge in [-0.25, -0.2) is 0 Å². The monoisotopic (exact) mass is 192 g/mol. The zero-order valence-electron chi connectivity index (χ0n) is 8.40. The average molecular weight is 192 g/mol. The van der Waals surface area contributed by atoms with Gasteiger partial charge < -0.3 is 10.3 Å². The molecule has 2 N–H and O–H groups in total. The largest absolute Gasteiger partial charge is 0.368 e. The van der Waals surface area contributed by atoms with E-state index in [1.54, 1.807) is 6.07 Å². The van der Waals surface area contributed by atoms with Crippen molar-refractivity contribution in [2.24, 2.45) is 7.05 Å². The normalized spacial score (nSPS) is 10.8. The summed E-state index contributed by atoms with van der Waals surface area (Å²) in [6.45, 7) is 3.92. The number of nitrogen functional groups attached to an aromatic ring is 1. The Bertz CT molecular complexity index is 469. The van der Waals surface area contributed by atoms with Crippen LogP contribution in [-0.2, 0) is 7.05 Å². The van der Waals surface area contributed by atoms with Crippen molar-refractivity contribution in [3.63, 3.8) is 0 Å². The highest BCUT2D eigenvalue weighted by Crippen LogP contribution is 2.26. The Morgan fingerprint density at radius 2 is 2.14 bits per heavy atom. The first-order valence-corrected chi connectivity index (χ1v) is 4.32. The van der Waals surface area contributed by atoms with Crippen LogP contribution < -0.4 is 5.73 Å². The van der Waals surface area contributed by atoms with Crippen molar-refractivity contribution in [1.29, 1.82) is 0 Å². The van der Waals surface area contributed by atoms with Gasteiger partial charge in [0.25, 0.3) is 0 Å². The third-order valence-electron chi connectivity index (χ3n) is 2.29. The molecule has 0 fully saturated rings. The van der Waals surface area contributed by atoms with E-state index >= 15 is 0 Å². The van der Waals surface area contributed by atoms with Crippen LogP contribution in [0, 0.1) is 13.8 Å². The maximum absolute atomic E-state index is 5.47. The van der Waals surface area contributed by atoms with Crippen LogP contribution in [0.25, 0.3) is 11.3 Å². The van der Waals surface area contributed by atoms with E-state index in [1.807, 2.05) is 25.6 Å². The van der Waals surface area contributed by atoms with Crippen LogP contribution in [0.15, 0.2) is 10.6 Å². The second kappa shape index (κ2) is 2.87. The number of aromatic nitrogens is 3. The van der Waals surface area contributed by atoms with Crippen molar-refractivity contribution in [3.8, 4) is 11.3 Å². The van der Waals surface area contributed by atoms with Gasteiger partial charge in [-0.3, -0.25) is 4.68 Å². The smallest absolute Gasteiger partial charge is 0.222 e. The van der Waals surface area contributed by atoms with Crippen molar-refractivity contribution in [3.05, 3.63) is 17.5 Å². The molecule has 0 aliphatic carbocycles. The molecule has 2 rings (SSSR count). The minimum absolute atomic E-state index is 0.322. The first kappa shape index (κ1) is 8.80. The van der Waals surface area contributed by atoms with Gasteiger partial charge in [0.2, 0.25) is 5.88 Å². The van der Waals surface area contributed by atoms with Gasteiger partial charge in [-0.15, -0.1) is 0 Å². The fourth-order valence-corrected chi connectivity index (χ4v) is 1.55. The van der Waals surface area contributed by atoms with E-state index in [1.165, 1.54) is 0 Å². The Morgan fingerprint density at radius 1 is 1.43 bits per heavy atom. The molecule has 74 valence electrons. The third-order valence-corrected chi connectivity index (χ3v) is 2.29. The van der Waals surface area contributed by atoms with Crippen LogP contribution >= 0.6 is 0 Å². The summed E-state index contributed by atoms with van der Waals surface area (Å²) in [6.07, 6.45) is 0. The van der Waals surface area contributed by atoms with Gasteiger partial charge >= 0.3 is 0 Å². The lowest BCUT2D eigenvalue weighted by Gasteiger charge is -1.95. The predicted molar refractivity (Wildman–Crippen MR) is 52.6 cm³/mol. The zero-order chi connectivity index (χ0) is 10.3. The van der Waals surface area contributed by atoms with Gasteiger partial charge in [0.1, 0.15) is 5.69 Å². The SMILES string of the molecule is Cc1nn(C)c(C)c1-c1cc(N)on1. The summed E-state index contributed by atoms with van der Waals surface area (Å²) >= 11 is 0. The standard InChI is InChI=1S/C9H12N4O/c1-5-9(6(2)13(3)11-5)7-4-8(10)14-12-7/h4H,10H2,1-3H3. The van der Waals surface area contributed by atoms with Gasteiger partial charge in [-0.2, -0.15) is 5.10 Å². The molecule has 2 aromatic rings. The number of rotatable bonds is 1. The summed E-state index contributed by atoms with van der Waals surface area (Å²) < 4.78 is 6.64. The summed E-state index contributed by atoms with van der Waals surface area (Å²) in [4.78, 5) is 0. The van der Waals surface area contributed by atoms with Crippen molar-refractivity contribution >= 4 is 5.88 Å². The van der Waals surface area contributed by atoms with Gasteiger partial charge in [-0.1, -0.05) is 5.16 Å². The molecule has 0 aromatic carbocycles. The number of hydrogen-bond donors (Lipinski definition) is 1. The van der Waals surface area contributed by atoms with Gasteiger partial charge in [-0.05, 0) is 13.8 Å². The molecule has 0 aliphatic heterocycles. The Kier molecular flexibility index (Phi) is 1.80. The number of nitrogens with zero attached hydrogens (tertiary/aromatic N) is 3. The molecule has 0 amide bonds. The quantitative estimate of drug-likeness (QED) is 0.738. The molecule has 14 heavy (non-hydrogen) atoms. The van der Waals surface area contributed by atoms with Crippen LogP contribution in [0.5, 0.6) is 0 Å². The van der Waals surface area contributed by atoms with E-state index in [4.69, 9.17) is 10.3 Å². The van der Waals surface area contributed by atoms with E-state index in [9.17, 15) is 0 Å². The summed E-state index contributed by atoms with van der Waals surface area (Å²) in [5.74, 6) is 0.322. The van der Waals surface area contributed by atoms with E-state index in [0.29, 0.717) is 5.88 Å². The van der Waals surface area contributed by atoms with Crippen molar-refractivity contribution in [1.82, 2.24) is 14.9 Å². The molecule has 2 heterocycles. The van der Waals surface area contributed by atoms with Crippen molar-refractivity contribution in [2.45, 2.75) is 13.8 Å². The number of hydrogen-bond acceptors (Lipinski definition) is 4. The van der Waals surface area contributed by atoms with Gasteiger partial charge in [0.15, 0.2) is 0 Å². The number of nitrogens with two attached hydrogens (primary N) is 1. The maximum Gasteiger partial charge on any atom is 0.222 e. The van der Waals surface area contributed by atoms with Gasteiger partial charge in [0.05, 0.1) is 5.69 Å². The van der Waals surface area contributed by atoms with E-state index in [2.05, 4.69) is 10.3 Å². The molecular formula is C9H12N4O. The molecular weight excluding hydrogens is 180 g/mol. The second-order valence-corrected chi connectivity index (χ2v) is 3.28. The highest BCUT2D eigenvalue weighted by molar-refractivity contribution is 5.66. The Hall–Kier alpha value is -1.78. The van der Waals surface area contributed by atoms with Crippen LogP contribution in [-0.4, -0.2) is 14.9 Å². The molecule has 0 bridgehead atoms. The minimum atomic E-state index is 0.322. The summed E-state index contributed by atoms with van der Waals surface area (Å²) in [7, 11) is 1.90. The predicted octanol–water partition coefficient (Wildman–Crippen LogP) is 1.27.